The Hall–Kier alpha value is -0.670. The average molecular weight is 220 g/mol. The molecule has 0 aliphatic carbocycles. The van der Waals surface area contributed by atoms with Crippen molar-refractivity contribution < 1.29 is 0 Å². The minimum absolute atomic E-state index is 0.296. The van der Waals surface area contributed by atoms with Crippen molar-refractivity contribution in [2.45, 2.75) is 13.3 Å². The summed E-state index contributed by atoms with van der Waals surface area (Å²) in [7, 11) is 0. The highest BCUT2D eigenvalue weighted by atomic mass is 35.5. The molecule has 1 aromatic rings. The zero-order valence-corrected chi connectivity index (χ0v) is 8.78. The number of pyridine rings is 1. The molecule has 0 radical (unpaired) electrons. The van der Waals surface area contributed by atoms with Crippen molar-refractivity contribution >= 4 is 34.8 Å². The molecule has 0 saturated heterocycles. The number of nitrogen functional groups attached to an aromatic ring is 1. The first-order valence-corrected chi connectivity index (χ1v) is 4.76. The summed E-state index contributed by atoms with van der Waals surface area (Å²) in [6.07, 6.45) is 1.00. The largest absolute Gasteiger partial charge is 0.382 e. The van der Waals surface area contributed by atoms with Gasteiger partial charge in [-0.25, -0.2) is 4.98 Å². The van der Waals surface area contributed by atoms with Gasteiger partial charge in [-0.3, -0.25) is 0 Å². The van der Waals surface area contributed by atoms with E-state index in [1.54, 1.807) is 6.07 Å². The zero-order chi connectivity index (χ0) is 9.84. The number of aromatic nitrogens is 1. The molecule has 1 heterocycles. The molecule has 5 heteroatoms. The predicted molar refractivity (Wildman–Crippen MR) is 57.5 cm³/mol. The molecule has 1 rings (SSSR count). The molecule has 0 bridgehead atoms. The lowest BCUT2D eigenvalue weighted by Crippen LogP contribution is -2.04. The van der Waals surface area contributed by atoms with Gasteiger partial charge in [-0.2, -0.15) is 0 Å². The molecule has 0 aromatic carbocycles. The number of nitrogens with one attached hydrogen (secondary N) is 1. The van der Waals surface area contributed by atoms with Crippen molar-refractivity contribution in [3.05, 3.63) is 16.1 Å². The molecule has 72 valence electrons. The molecular formula is C8H11Cl2N3. The normalized spacial score (nSPS) is 10.1. The zero-order valence-electron chi connectivity index (χ0n) is 7.27. The van der Waals surface area contributed by atoms with Crippen LogP contribution in [0.4, 0.5) is 11.6 Å². The van der Waals surface area contributed by atoms with Gasteiger partial charge in [0.2, 0.25) is 0 Å². The Kier molecular flexibility index (Phi) is 3.63. The maximum atomic E-state index is 5.87. The summed E-state index contributed by atoms with van der Waals surface area (Å²) in [5, 5.41) is 3.92. The van der Waals surface area contributed by atoms with Gasteiger partial charge in [-0.1, -0.05) is 30.1 Å². The van der Waals surface area contributed by atoms with E-state index in [1.165, 1.54) is 0 Å². The standard InChI is InChI=1S/C8H11Cl2N3/c1-2-3-12-8-6(10)4-5(9)7(11)13-8/h4H,2-3H2,1H3,(H3,11,12,13). The Morgan fingerprint density at radius 3 is 2.77 bits per heavy atom. The second-order valence-electron chi connectivity index (χ2n) is 2.61. The number of nitrogens with zero attached hydrogens (tertiary/aromatic N) is 1. The van der Waals surface area contributed by atoms with Crippen LogP contribution in [0.3, 0.4) is 0 Å². The van der Waals surface area contributed by atoms with Crippen molar-refractivity contribution in [3.8, 4) is 0 Å². The van der Waals surface area contributed by atoms with Crippen LogP contribution in [-0.2, 0) is 0 Å². The van der Waals surface area contributed by atoms with Gasteiger partial charge in [-0.15, -0.1) is 0 Å². The van der Waals surface area contributed by atoms with E-state index in [1.807, 2.05) is 0 Å². The van der Waals surface area contributed by atoms with E-state index in [0.717, 1.165) is 13.0 Å². The summed E-state index contributed by atoms with van der Waals surface area (Å²) in [6, 6.07) is 1.59. The van der Waals surface area contributed by atoms with Gasteiger partial charge in [0.25, 0.3) is 0 Å². The Bertz CT molecular complexity index is 302. The van der Waals surface area contributed by atoms with Crippen LogP contribution in [0.2, 0.25) is 10.0 Å². The fraction of sp³-hybridized carbons (Fsp3) is 0.375. The molecular weight excluding hydrogens is 209 g/mol. The van der Waals surface area contributed by atoms with Gasteiger partial charge in [-0.05, 0) is 12.5 Å². The Morgan fingerprint density at radius 2 is 2.15 bits per heavy atom. The van der Waals surface area contributed by atoms with Crippen LogP contribution in [0.5, 0.6) is 0 Å². The fourth-order valence-electron chi connectivity index (χ4n) is 0.848. The Labute approximate surface area is 87.2 Å². The van der Waals surface area contributed by atoms with Gasteiger partial charge in [0.15, 0.2) is 0 Å². The SMILES string of the molecule is CCCNc1nc(N)c(Cl)cc1Cl. The summed E-state index contributed by atoms with van der Waals surface area (Å²) in [4.78, 5) is 4.01. The van der Waals surface area contributed by atoms with Gasteiger partial charge >= 0.3 is 0 Å². The second-order valence-corrected chi connectivity index (χ2v) is 3.43. The molecule has 0 fully saturated rings. The van der Waals surface area contributed by atoms with Crippen molar-refractivity contribution in [2.24, 2.45) is 0 Å². The highest BCUT2D eigenvalue weighted by Crippen LogP contribution is 2.27. The lowest BCUT2D eigenvalue weighted by atomic mass is 10.4. The van der Waals surface area contributed by atoms with E-state index in [4.69, 9.17) is 28.9 Å². The summed E-state index contributed by atoms with van der Waals surface area (Å²) < 4.78 is 0. The van der Waals surface area contributed by atoms with Crippen LogP contribution < -0.4 is 11.1 Å². The Morgan fingerprint density at radius 1 is 1.46 bits per heavy atom. The molecule has 1 aromatic heterocycles. The van der Waals surface area contributed by atoms with Crippen molar-refractivity contribution in [3.63, 3.8) is 0 Å². The van der Waals surface area contributed by atoms with Crippen LogP contribution in [0, 0.1) is 0 Å². The first-order valence-electron chi connectivity index (χ1n) is 4.00. The fourth-order valence-corrected chi connectivity index (χ4v) is 1.27. The van der Waals surface area contributed by atoms with Crippen LogP contribution in [0.25, 0.3) is 0 Å². The lowest BCUT2D eigenvalue weighted by Gasteiger charge is -2.07. The molecule has 0 spiro atoms. The molecule has 0 amide bonds. The summed E-state index contributed by atoms with van der Waals surface area (Å²) in [5.74, 6) is 0.884. The summed E-state index contributed by atoms with van der Waals surface area (Å²) in [5.41, 5.74) is 5.52. The van der Waals surface area contributed by atoms with Crippen LogP contribution in [0.15, 0.2) is 6.07 Å². The van der Waals surface area contributed by atoms with Gasteiger partial charge in [0.05, 0.1) is 10.0 Å². The Balaban J connectivity index is 2.88. The molecule has 3 nitrogen and oxygen atoms in total. The van der Waals surface area contributed by atoms with Crippen molar-refractivity contribution in [1.29, 1.82) is 0 Å². The van der Waals surface area contributed by atoms with E-state index in [-0.39, 0.29) is 0 Å². The molecule has 0 aliphatic rings. The number of anilines is 2. The first-order chi connectivity index (χ1) is 6.15. The van der Waals surface area contributed by atoms with Crippen LogP contribution in [-0.4, -0.2) is 11.5 Å². The topological polar surface area (TPSA) is 50.9 Å². The quantitative estimate of drug-likeness (QED) is 0.823. The molecule has 13 heavy (non-hydrogen) atoms. The second kappa shape index (κ2) is 4.53. The molecule has 3 N–H and O–H groups in total. The number of hydrogen-bond donors (Lipinski definition) is 2. The minimum Gasteiger partial charge on any atom is -0.382 e. The van der Waals surface area contributed by atoms with E-state index >= 15 is 0 Å². The van der Waals surface area contributed by atoms with Crippen molar-refractivity contribution in [2.75, 3.05) is 17.6 Å². The van der Waals surface area contributed by atoms with E-state index < -0.39 is 0 Å². The molecule has 0 unspecified atom stereocenters. The smallest absolute Gasteiger partial charge is 0.147 e. The average Bonchev–Trinajstić information content (AvgIpc) is 2.09. The third-order valence-corrected chi connectivity index (χ3v) is 2.09. The minimum atomic E-state index is 0.296. The summed E-state index contributed by atoms with van der Waals surface area (Å²) >= 11 is 11.6. The van der Waals surface area contributed by atoms with E-state index in [0.29, 0.717) is 21.7 Å². The summed E-state index contributed by atoms with van der Waals surface area (Å²) in [6.45, 7) is 2.87. The highest BCUT2D eigenvalue weighted by Gasteiger charge is 2.05. The number of halogens is 2. The monoisotopic (exact) mass is 219 g/mol. The van der Waals surface area contributed by atoms with Crippen molar-refractivity contribution in [1.82, 2.24) is 4.98 Å². The number of rotatable bonds is 3. The van der Waals surface area contributed by atoms with Crippen LogP contribution in [0.1, 0.15) is 13.3 Å². The number of hydrogen-bond acceptors (Lipinski definition) is 3. The van der Waals surface area contributed by atoms with Gasteiger partial charge < -0.3 is 11.1 Å². The van der Waals surface area contributed by atoms with Gasteiger partial charge in [0, 0.05) is 6.54 Å². The third-order valence-electron chi connectivity index (χ3n) is 1.50. The van der Waals surface area contributed by atoms with Crippen LogP contribution >= 0.6 is 23.2 Å². The first kappa shape index (κ1) is 10.4. The number of nitrogens with two attached hydrogens (primary N) is 1. The predicted octanol–water partition coefficient (Wildman–Crippen LogP) is 2.79. The lowest BCUT2D eigenvalue weighted by molar-refractivity contribution is 0.970. The van der Waals surface area contributed by atoms with E-state index in [2.05, 4.69) is 17.2 Å². The maximum Gasteiger partial charge on any atom is 0.147 e. The molecule has 0 saturated carbocycles. The molecule has 0 atom stereocenters. The van der Waals surface area contributed by atoms with Gasteiger partial charge in [0.1, 0.15) is 11.6 Å². The highest BCUT2D eigenvalue weighted by molar-refractivity contribution is 6.37. The maximum absolute atomic E-state index is 5.87. The molecule has 0 aliphatic heterocycles. The third kappa shape index (κ3) is 2.64. The van der Waals surface area contributed by atoms with E-state index in [9.17, 15) is 0 Å².